The quantitative estimate of drug-likeness (QED) is 0.0262. The summed E-state index contributed by atoms with van der Waals surface area (Å²) in [4.78, 5) is 13.0. The van der Waals surface area contributed by atoms with Crippen LogP contribution in [0.2, 0.25) is 0 Å². The summed E-state index contributed by atoms with van der Waals surface area (Å²) in [7, 11) is 0. The molecule has 7 unspecified atom stereocenters. The number of nitrogens with one attached hydrogen (secondary N) is 1. The fourth-order valence-electron chi connectivity index (χ4n) is 7.87. The van der Waals surface area contributed by atoms with Gasteiger partial charge in [-0.2, -0.15) is 0 Å². The second-order valence-electron chi connectivity index (χ2n) is 17.9. The summed E-state index contributed by atoms with van der Waals surface area (Å²) in [5.41, 5.74) is 0. The van der Waals surface area contributed by atoms with Crippen LogP contribution < -0.4 is 5.32 Å². The summed E-state index contributed by atoms with van der Waals surface area (Å²) >= 11 is 0. The number of ether oxygens (including phenoxy) is 2. The van der Waals surface area contributed by atoms with Crippen molar-refractivity contribution < 1.29 is 39.8 Å². The number of unbranched alkanes of at least 4 members (excludes halogenated alkanes) is 23. The zero-order valence-corrected chi connectivity index (χ0v) is 40.8. The minimum Gasteiger partial charge on any atom is -0.394 e. The molecule has 7 atom stereocenters. The van der Waals surface area contributed by atoms with E-state index >= 15 is 0 Å². The standard InChI is InChI=1S/C55H97NO8/c1-3-5-7-9-11-13-15-17-19-21-23-24-25-26-27-29-31-33-35-37-39-41-43-45-51(59)56-48(47-63-55-54(62)53(61)52(60)50(46-57)64-55)49(58)44-42-40-38-36-34-32-30-28-22-20-18-16-14-12-10-8-6-4-2/h5,7,11,13,17,19,23-24,34,36,42,44,48-50,52-55,57-58,60-62H,3-4,6,8-10,12,14-16,18,20-22,25-33,35,37-41,43,45-47H2,1-2H3,(H,56,59)/b7-5-,13-11-,19-17-,24-23-,36-34+,44-42+. The maximum atomic E-state index is 13.0. The first-order valence-electron chi connectivity index (χ1n) is 26.2. The van der Waals surface area contributed by atoms with Gasteiger partial charge in [0.2, 0.25) is 5.91 Å². The van der Waals surface area contributed by atoms with Crippen molar-refractivity contribution in [3.63, 3.8) is 0 Å². The van der Waals surface area contributed by atoms with Crippen molar-refractivity contribution in [1.82, 2.24) is 5.32 Å². The van der Waals surface area contributed by atoms with Crippen molar-refractivity contribution in [2.45, 2.75) is 256 Å². The van der Waals surface area contributed by atoms with Gasteiger partial charge in [-0.15, -0.1) is 0 Å². The molecule has 1 saturated heterocycles. The Morgan fingerprint density at radius 3 is 1.50 bits per heavy atom. The van der Waals surface area contributed by atoms with Crippen molar-refractivity contribution in [3.05, 3.63) is 72.9 Å². The molecule has 0 spiro atoms. The summed E-state index contributed by atoms with van der Waals surface area (Å²) in [6, 6.07) is -0.827. The van der Waals surface area contributed by atoms with Crippen LogP contribution in [0.4, 0.5) is 0 Å². The maximum Gasteiger partial charge on any atom is 0.220 e. The van der Waals surface area contributed by atoms with Crippen molar-refractivity contribution in [3.8, 4) is 0 Å². The smallest absolute Gasteiger partial charge is 0.220 e. The second kappa shape index (κ2) is 44.5. The molecule has 0 radical (unpaired) electrons. The van der Waals surface area contributed by atoms with Crippen LogP contribution in [-0.2, 0) is 14.3 Å². The van der Waals surface area contributed by atoms with E-state index in [-0.39, 0.29) is 12.5 Å². The van der Waals surface area contributed by atoms with Gasteiger partial charge in [0.25, 0.3) is 0 Å². The number of amides is 1. The van der Waals surface area contributed by atoms with Gasteiger partial charge in [0.05, 0.1) is 25.4 Å². The highest BCUT2D eigenvalue weighted by Gasteiger charge is 2.44. The number of carbonyl (C=O) groups excluding carboxylic acids is 1. The highest BCUT2D eigenvalue weighted by molar-refractivity contribution is 5.76. The lowest BCUT2D eigenvalue weighted by Crippen LogP contribution is -2.60. The van der Waals surface area contributed by atoms with Crippen LogP contribution in [0, 0.1) is 0 Å². The molecule has 64 heavy (non-hydrogen) atoms. The van der Waals surface area contributed by atoms with Crippen LogP contribution in [0.15, 0.2) is 72.9 Å². The van der Waals surface area contributed by atoms with Crippen molar-refractivity contribution in [2.75, 3.05) is 13.2 Å². The average molecular weight is 900 g/mol. The van der Waals surface area contributed by atoms with Crippen LogP contribution in [-0.4, -0.2) is 87.5 Å². The van der Waals surface area contributed by atoms with Crippen LogP contribution in [0.1, 0.15) is 213 Å². The van der Waals surface area contributed by atoms with Crippen LogP contribution in [0.25, 0.3) is 0 Å². The van der Waals surface area contributed by atoms with E-state index in [1.165, 1.54) is 116 Å². The van der Waals surface area contributed by atoms with E-state index in [1.807, 2.05) is 6.08 Å². The Morgan fingerprint density at radius 1 is 0.547 bits per heavy atom. The lowest BCUT2D eigenvalue weighted by molar-refractivity contribution is -0.302. The van der Waals surface area contributed by atoms with E-state index in [1.54, 1.807) is 6.08 Å². The highest BCUT2D eigenvalue weighted by Crippen LogP contribution is 2.23. The Hall–Kier alpha value is -2.37. The molecule has 0 aliphatic carbocycles. The van der Waals surface area contributed by atoms with E-state index in [2.05, 4.69) is 79.9 Å². The molecule has 1 aliphatic rings. The third kappa shape index (κ3) is 34.0. The number of allylic oxidation sites excluding steroid dienone is 11. The molecule has 0 saturated carbocycles. The third-order valence-corrected chi connectivity index (χ3v) is 12.0. The molecule has 370 valence electrons. The lowest BCUT2D eigenvalue weighted by Gasteiger charge is -2.40. The molecule has 1 rings (SSSR count). The maximum absolute atomic E-state index is 13.0. The number of hydrogen-bond acceptors (Lipinski definition) is 8. The van der Waals surface area contributed by atoms with Crippen LogP contribution in [0.3, 0.4) is 0 Å². The predicted octanol–water partition coefficient (Wildman–Crippen LogP) is 12.1. The molecular formula is C55H97NO8. The minimum absolute atomic E-state index is 0.194. The molecule has 1 amide bonds. The van der Waals surface area contributed by atoms with E-state index in [0.717, 1.165) is 77.0 Å². The molecule has 0 bridgehead atoms. The second-order valence-corrected chi connectivity index (χ2v) is 17.9. The molecule has 9 heteroatoms. The minimum atomic E-state index is -1.58. The van der Waals surface area contributed by atoms with Crippen molar-refractivity contribution in [2.24, 2.45) is 0 Å². The van der Waals surface area contributed by atoms with Gasteiger partial charge in [0.1, 0.15) is 24.4 Å². The molecule has 1 heterocycles. The van der Waals surface area contributed by atoms with Crippen LogP contribution in [0.5, 0.6) is 0 Å². The van der Waals surface area contributed by atoms with Gasteiger partial charge in [-0.1, -0.05) is 209 Å². The van der Waals surface area contributed by atoms with Crippen LogP contribution >= 0.6 is 0 Å². The number of aliphatic hydroxyl groups excluding tert-OH is 5. The summed E-state index contributed by atoms with van der Waals surface area (Å²) < 4.78 is 11.2. The van der Waals surface area contributed by atoms with Gasteiger partial charge in [0.15, 0.2) is 6.29 Å². The summed E-state index contributed by atoms with van der Waals surface area (Å²) in [5.74, 6) is -0.194. The largest absolute Gasteiger partial charge is 0.394 e. The zero-order valence-electron chi connectivity index (χ0n) is 40.8. The Balaban J connectivity index is 2.31. The molecule has 0 aromatic heterocycles. The van der Waals surface area contributed by atoms with Gasteiger partial charge in [-0.3, -0.25) is 4.79 Å². The molecule has 0 aromatic carbocycles. The van der Waals surface area contributed by atoms with Gasteiger partial charge < -0.3 is 40.3 Å². The Kier molecular flexibility index (Phi) is 41.4. The first-order chi connectivity index (χ1) is 31.3. The van der Waals surface area contributed by atoms with E-state index < -0.39 is 49.5 Å². The fourth-order valence-corrected chi connectivity index (χ4v) is 7.87. The monoisotopic (exact) mass is 900 g/mol. The van der Waals surface area contributed by atoms with Gasteiger partial charge in [-0.05, 0) is 70.6 Å². The summed E-state index contributed by atoms with van der Waals surface area (Å²) in [5, 5.41) is 54.4. The predicted molar refractivity (Wildman–Crippen MR) is 267 cm³/mol. The fraction of sp³-hybridized carbons (Fsp3) is 0.764. The number of hydrogen-bond donors (Lipinski definition) is 6. The summed E-state index contributed by atoms with van der Waals surface area (Å²) in [6.07, 6.45) is 53.8. The van der Waals surface area contributed by atoms with Gasteiger partial charge in [-0.25, -0.2) is 0 Å². The molecule has 6 N–H and O–H groups in total. The number of aliphatic hydroxyl groups is 5. The third-order valence-electron chi connectivity index (χ3n) is 12.0. The summed E-state index contributed by atoms with van der Waals surface area (Å²) in [6.45, 7) is 3.65. The van der Waals surface area contributed by atoms with E-state index in [4.69, 9.17) is 9.47 Å². The van der Waals surface area contributed by atoms with Gasteiger partial charge in [0, 0.05) is 6.42 Å². The first kappa shape index (κ1) is 59.6. The number of rotatable bonds is 43. The molecule has 9 nitrogen and oxygen atoms in total. The molecule has 1 aliphatic heterocycles. The van der Waals surface area contributed by atoms with Crippen molar-refractivity contribution in [1.29, 1.82) is 0 Å². The highest BCUT2D eigenvalue weighted by atomic mass is 16.7. The Labute approximate surface area is 391 Å². The SMILES string of the molecule is CC/C=C\C/C=C\C/C=C\C/C=C\CCCCCCCCCCCCC(=O)NC(COC1OC(CO)C(O)C(O)C1O)C(O)/C=C/CC/C=C/CCCCCCCCCCCCCC. The van der Waals surface area contributed by atoms with E-state index in [0.29, 0.717) is 6.42 Å². The molecular weight excluding hydrogens is 803 g/mol. The lowest BCUT2D eigenvalue weighted by atomic mass is 9.99. The zero-order chi connectivity index (χ0) is 46.6. The Morgan fingerprint density at radius 2 is 0.984 bits per heavy atom. The topological polar surface area (TPSA) is 149 Å². The normalized spacial score (nSPS) is 20.6. The van der Waals surface area contributed by atoms with E-state index in [9.17, 15) is 30.3 Å². The first-order valence-corrected chi connectivity index (χ1v) is 26.2. The van der Waals surface area contributed by atoms with Crippen molar-refractivity contribution >= 4 is 5.91 Å². The molecule has 1 fully saturated rings. The number of carbonyl (C=O) groups is 1. The van der Waals surface area contributed by atoms with Gasteiger partial charge >= 0.3 is 0 Å². The average Bonchev–Trinajstić information content (AvgIpc) is 3.29. The Bertz CT molecular complexity index is 1230. The molecule has 0 aromatic rings.